The quantitative estimate of drug-likeness (QED) is 0.200. The number of ether oxygens (including phenoxy) is 3. The molecule has 0 aliphatic rings. The predicted molar refractivity (Wildman–Crippen MR) is 155 cm³/mol. The Kier molecular flexibility index (Phi) is 9.19. The number of H-pyrrole nitrogens is 1. The van der Waals surface area contributed by atoms with Crippen molar-refractivity contribution in [2.45, 2.75) is 58.8 Å². The van der Waals surface area contributed by atoms with Gasteiger partial charge in [-0.05, 0) is 77.9 Å². The normalized spacial score (nSPS) is 12.8. The van der Waals surface area contributed by atoms with Gasteiger partial charge in [0.25, 0.3) is 0 Å². The monoisotopic (exact) mass is 581 g/mol. The number of nitrogens with one attached hydrogen (secondary N) is 2. The summed E-state index contributed by atoms with van der Waals surface area (Å²) in [6, 6.07) is 9.03. The third kappa shape index (κ3) is 7.72. The molecule has 206 valence electrons. The summed E-state index contributed by atoms with van der Waals surface area (Å²) in [5, 5.41) is 4.57. The highest BCUT2D eigenvalue weighted by Crippen LogP contribution is 2.34. The van der Waals surface area contributed by atoms with Crippen molar-refractivity contribution in [3.63, 3.8) is 0 Å². The topological polar surface area (TPSA) is 92.9 Å². The van der Waals surface area contributed by atoms with Crippen LogP contribution in [0.1, 0.15) is 41.5 Å². The Morgan fingerprint density at radius 2 is 1.68 bits per heavy atom. The van der Waals surface area contributed by atoms with Crippen LogP contribution in [0.3, 0.4) is 0 Å². The molecule has 0 bridgehead atoms. The van der Waals surface area contributed by atoms with Crippen LogP contribution in [0.15, 0.2) is 36.4 Å². The van der Waals surface area contributed by atoms with E-state index in [1.807, 2.05) is 32.9 Å². The van der Waals surface area contributed by atoms with E-state index in [1.165, 1.54) is 7.11 Å². The number of hydrogen-bond acceptors (Lipinski definition) is 6. The molecule has 0 spiro atoms. The molecule has 0 saturated carbocycles. The van der Waals surface area contributed by atoms with Gasteiger partial charge in [-0.25, -0.2) is 9.59 Å². The maximum atomic E-state index is 13.3. The second kappa shape index (κ2) is 11.7. The van der Waals surface area contributed by atoms with Crippen LogP contribution in [-0.2, 0) is 14.3 Å². The maximum absolute atomic E-state index is 13.3. The summed E-state index contributed by atoms with van der Waals surface area (Å²) >= 11 is 16.7. The zero-order chi connectivity index (χ0) is 28.4. The third-order valence-corrected chi connectivity index (χ3v) is 6.45. The average Bonchev–Trinajstić information content (AvgIpc) is 3.20. The fourth-order valence-electron chi connectivity index (χ4n) is 3.51. The lowest BCUT2D eigenvalue weighted by Crippen LogP contribution is -2.48. The predicted octanol–water partition coefficient (Wildman–Crippen LogP) is 7.35. The van der Waals surface area contributed by atoms with Gasteiger partial charge in [0.05, 0.1) is 35.1 Å². The van der Waals surface area contributed by atoms with Gasteiger partial charge in [0, 0.05) is 22.2 Å². The number of esters is 1. The van der Waals surface area contributed by atoms with Crippen molar-refractivity contribution in [3.05, 3.63) is 46.4 Å². The molecule has 38 heavy (non-hydrogen) atoms. The van der Waals surface area contributed by atoms with Gasteiger partial charge in [-0.2, -0.15) is 0 Å². The Bertz CT molecular complexity index is 1290. The van der Waals surface area contributed by atoms with E-state index in [1.54, 1.807) is 45.0 Å². The number of amides is 2. The van der Waals surface area contributed by atoms with Crippen LogP contribution < -0.4 is 10.1 Å². The molecule has 0 fully saturated rings. The number of aromatic nitrogens is 1. The first-order valence-electron chi connectivity index (χ1n) is 11.9. The minimum absolute atomic E-state index is 0.104. The van der Waals surface area contributed by atoms with Crippen molar-refractivity contribution in [1.82, 2.24) is 9.29 Å². The van der Waals surface area contributed by atoms with Crippen LogP contribution in [0.5, 0.6) is 5.75 Å². The van der Waals surface area contributed by atoms with E-state index >= 15 is 0 Å². The molecule has 8 nitrogen and oxygen atoms in total. The Balaban J connectivity index is 1.89. The largest absolute Gasteiger partial charge is 0.495 e. The lowest BCUT2D eigenvalue weighted by molar-refractivity contribution is -0.162. The number of carbonyl (C=O) groups excluding carboxylic acids is 2. The SMILES string of the molecule is COc1ccc(-c2cc3cc(Cl)c(Cl)cc3[nH]2)cc1NC(=O)N(S)C(COC(C)(C)C)C(=O)OC(C)(C)C. The van der Waals surface area contributed by atoms with Gasteiger partial charge in [0.15, 0.2) is 6.04 Å². The molecule has 1 unspecified atom stereocenters. The molecule has 2 amide bonds. The number of anilines is 1. The molecule has 0 aliphatic carbocycles. The minimum atomic E-state index is -1.10. The van der Waals surface area contributed by atoms with Crippen LogP contribution in [-0.4, -0.2) is 52.3 Å². The summed E-state index contributed by atoms with van der Waals surface area (Å²) in [5.74, 6) is -0.214. The number of urea groups is 1. The Labute approximate surface area is 238 Å². The summed E-state index contributed by atoms with van der Waals surface area (Å²) < 4.78 is 17.7. The molecule has 0 saturated heterocycles. The van der Waals surface area contributed by atoms with Gasteiger partial charge in [-0.15, -0.1) is 0 Å². The molecule has 1 aromatic heterocycles. The standard InChI is InChI=1S/C27H33Cl2N3O5S/c1-26(2,3)36-14-22(24(33)37-27(4,5)6)32(38)25(34)31-21-11-15(8-9-23(21)35-7)19-12-16-10-17(28)18(29)13-20(16)30-19/h8-13,22,30,38H,14H2,1-7H3,(H,31,34). The van der Waals surface area contributed by atoms with E-state index in [4.69, 9.17) is 37.4 Å². The maximum Gasteiger partial charge on any atom is 0.332 e. The van der Waals surface area contributed by atoms with Gasteiger partial charge in [0.2, 0.25) is 0 Å². The number of fused-ring (bicyclic) bond motifs is 1. The molecule has 1 atom stereocenters. The highest BCUT2D eigenvalue weighted by molar-refractivity contribution is 7.78. The van der Waals surface area contributed by atoms with Crippen molar-refractivity contribution in [2.24, 2.45) is 0 Å². The van der Waals surface area contributed by atoms with Crippen LogP contribution in [0.4, 0.5) is 10.5 Å². The molecule has 2 N–H and O–H groups in total. The van der Waals surface area contributed by atoms with Gasteiger partial charge < -0.3 is 24.5 Å². The summed E-state index contributed by atoms with van der Waals surface area (Å²) in [6.07, 6.45) is 0. The summed E-state index contributed by atoms with van der Waals surface area (Å²) in [7, 11) is 1.50. The zero-order valence-corrected chi connectivity index (χ0v) is 24.8. The number of methoxy groups -OCH3 is 1. The van der Waals surface area contributed by atoms with Gasteiger partial charge in [0.1, 0.15) is 11.4 Å². The number of nitrogens with zero attached hydrogens (tertiary/aromatic N) is 1. The first kappa shape index (κ1) is 30.0. The lowest BCUT2D eigenvalue weighted by Gasteiger charge is -2.31. The van der Waals surface area contributed by atoms with Crippen molar-refractivity contribution >= 4 is 64.6 Å². The summed E-state index contributed by atoms with van der Waals surface area (Å²) in [4.78, 5) is 29.5. The first-order valence-corrected chi connectivity index (χ1v) is 13.1. The van der Waals surface area contributed by atoms with Crippen molar-refractivity contribution in [1.29, 1.82) is 0 Å². The van der Waals surface area contributed by atoms with Crippen molar-refractivity contribution < 1.29 is 23.8 Å². The average molecular weight is 583 g/mol. The van der Waals surface area contributed by atoms with Crippen molar-refractivity contribution in [3.8, 4) is 17.0 Å². The molecule has 3 aromatic rings. The van der Waals surface area contributed by atoms with E-state index in [0.717, 1.165) is 26.5 Å². The Hall–Kier alpha value is -2.59. The molecule has 1 heterocycles. The first-order chi connectivity index (χ1) is 17.6. The summed E-state index contributed by atoms with van der Waals surface area (Å²) in [6.45, 7) is 10.7. The number of halogens is 2. The van der Waals surface area contributed by atoms with Gasteiger partial charge >= 0.3 is 12.0 Å². The van der Waals surface area contributed by atoms with E-state index in [9.17, 15) is 9.59 Å². The van der Waals surface area contributed by atoms with Crippen LogP contribution in [0, 0.1) is 0 Å². The zero-order valence-electron chi connectivity index (χ0n) is 22.4. The second-order valence-electron chi connectivity index (χ2n) is 10.7. The molecular weight excluding hydrogens is 549 g/mol. The van der Waals surface area contributed by atoms with Crippen LogP contribution in [0.25, 0.3) is 22.2 Å². The van der Waals surface area contributed by atoms with E-state index in [-0.39, 0.29) is 6.61 Å². The fourth-order valence-corrected chi connectivity index (χ4v) is 4.05. The number of aromatic amines is 1. The molecule has 11 heteroatoms. The second-order valence-corrected chi connectivity index (χ2v) is 11.9. The molecule has 2 aromatic carbocycles. The van der Waals surface area contributed by atoms with Crippen LogP contribution >= 0.6 is 36.0 Å². The fraction of sp³-hybridized carbons (Fsp3) is 0.407. The third-order valence-electron chi connectivity index (χ3n) is 5.27. The number of rotatable bonds is 7. The van der Waals surface area contributed by atoms with Gasteiger partial charge in [-0.3, -0.25) is 4.31 Å². The lowest BCUT2D eigenvalue weighted by atomic mass is 10.1. The number of thiol groups is 1. The van der Waals surface area contributed by atoms with E-state index in [2.05, 4.69) is 23.1 Å². The smallest absolute Gasteiger partial charge is 0.332 e. The highest BCUT2D eigenvalue weighted by Gasteiger charge is 2.34. The Morgan fingerprint density at radius 1 is 1.03 bits per heavy atom. The van der Waals surface area contributed by atoms with Crippen LogP contribution in [0.2, 0.25) is 10.0 Å². The molecule has 3 rings (SSSR count). The molecular formula is C27H33Cl2N3O5S. The minimum Gasteiger partial charge on any atom is -0.495 e. The molecule has 0 aliphatic heterocycles. The number of hydrogen-bond donors (Lipinski definition) is 3. The number of carbonyl (C=O) groups is 2. The van der Waals surface area contributed by atoms with Gasteiger partial charge in [-0.1, -0.05) is 36.0 Å². The van der Waals surface area contributed by atoms with Crippen molar-refractivity contribution in [2.75, 3.05) is 19.0 Å². The van der Waals surface area contributed by atoms with E-state index < -0.39 is 29.2 Å². The number of benzene rings is 2. The van der Waals surface area contributed by atoms with E-state index in [0.29, 0.717) is 21.5 Å². The highest BCUT2D eigenvalue weighted by atomic mass is 35.5. The Morgan fingerprint density at radius 3 is 2.29 bits per heavy atom. The molecule has 0 radical (unpaired) electrons. The summed E-state index contributed by atoms with van der Waals surface area (Å²) in [5.41, 5.74) is 1.45.